The van der Waals surface area contributed by atoms with Crippen molar-refractivity contribution in [2.75, 3.05) is 6.54 Å². The van der Waals surface area contributed by atoms with Crippen molar-refractivity contribution in [3.63, 3.8) is 0 Å². The average Bonchev–Trinajstić information content (AvgIpc) is 2.73. The summed E-state index contributed by atoms with van der Waals surface area (Å²) in [6.45, 7) is 0.312. The van der Waals surface area contributed by atoms with Gasteiger partial charge in [0.15, 0.2) is 5.82 Å². The van der Waals surface area contributed by atoms with Crippen molar-refractivity contribution in [3.8, 4) is 0 Å². The van der Waals surface area contributed by atoms with E-state index in [-0.39, 0.29) is 17.5 Å². The van der Waals surface area contributed by atoms with Gasteiger partial charge in [-0.3, -0.25) is 14.6 Å². The van der Waals surface area contributed by atoms with Gasteiger partial charge in [0.1, 0.15) is 0 Å². The fourth-order valence-corrected chi connectivity index (χ4v) is 1.70. The maximum atomic E-state index is 13.2. The number of carbonyl (C=O) groups is 2. The molecular formula is C11H12FN3O2. The molecule has 6 heteroatoms. The van der Waals surface area contributed by atoms with E-state index >= 15 is 0 Å². The smallest absolute Gasteiger partial charge is 0.254 e. The summed E-state index contributed by atoms with van der Waals surface area (Å²) in [4.78, 5) is 26.1. The van der Waals surface area contributed by atoms with Crippen LogP contribution in [0, 0.1) is 5.82 Å². The van der Waals surface area contributed by atoms with Crippen molar-refractivity contribution >= 4 is 11.8 Å². The Balaban J connectivity index is 1.90. The van der Waals surface area contributed by atoms with Crippen LogP contribution in [0.4, 0.5) is 4.39 Å². The number of halogens is 1. The molecule has 1 aromatic rings. The van der Waals surface area contributed by atoms with Gasteiger partial charge < -0.3 is 10.6 Å². The lowest BCUT2D eigenvalue weighted by atomic mass is 10.2. The zero-order valence-corrected chi connectivity index (χ0v) is 9.07. The van der Waals surface area contributed by atoms with Crippen molar-refractivity contribution in [2.45, 2.75) is 18.9 Å². The number of pyridine rings is 1. The Kier molecular flexibility index (Phi) is 3.32. The molecule has 0 radical (unpaired) electrons. The summed E-state index contributed by atoms with van der Waals surface area (Å²) in [5, 5.41) is 5.30. The zero-order valence-electron chi connectivity index (χ0n) is 9.07. The third kappa shape index (κ3) is 2.77. The first kappa shape index (κ1) is 11.5. The van der Waals surface area contributed by atoms with Crippen molar-refractivity contribution in [2.24, 2.45) is 0 Å². The zero-order chi connectivity index (χ0) is 12.3. The van der Waals surface area contributed by atoms with E-state index in [9.17, 15) is 14.0 Å². The first-order chi connectivity index (χ1) is 8.16. The van der Waals surface area contributed by atoms with Crippen LogP contribution in [0.2, 0.25) is 0 Å². The highest BCUT2D eigenvalue weighted by Gasteiger charge is 2.21. The van der Waals surface area contributed by atoms with Gasteiger partial charge in [-0.05, 0) is 12.5 Å². The van der Waals surface area contributed by atoms with Crippen LogP contribution in [-0.4, -0.2) is 29.4 Å². The lowest BCUT2D eigenvalue weighted by molar-refractivity contribution is -0.119. The standard InChI is InChI=1S/C11H12FN3O2/c12-9-6-13-4-3-8(9)11(17)14-5-7-1-2-10(16)15-7/h3-4,6-7H,1-2,5H2,(H,14,17)(H,15,16). The van der Waals surface area contributed by atoms with E-state index in [4.69, 9.17) is 0 Å². The molecule has 2 heterocycles. The van der Waals surface area contributed by atoms with Gasteiger partial charge in [-0.25, -0.2) is 4.39 Å². The number of carbonyl (C=O) groups excluding carboxylic acids is 2. The van der Waals surface area contributed by atoms with Crippen LogP contribution in [-0.2, 0) is 4.79 Å². The van der Waals surface area contributed by atoms with Gasteiger partial charge in [-0.1, -0.05) is 0 Å². The van der Waals surface area contributed by atoms with Gasteiger partial charge in [-0.15, -0.1) is 0 Å². The van der Waals surface area contributed by atoms with Crippen LogP contribution >= 0.6 is 0 Å². The molecule has 2 rings (SSSR count). The number of nitrogens with one attached hydrogen (secondary N) is 2. The fourth-order valence-electron chi connectivity index (χ4n) is 1.70. The summed E-state index contributed by atoms with van der Waals surface area (Å²) in [6.07, 6.45) is 3.52. The topological polar surface area (TPSA) is 71.1 Å². The van der Waals surface area contributed by atoms with Crippen LogP contribution in [0.25, 0.3) is 0 Å². The fraction of sp³-hybridized carbons (Fsp3) is 0.364. The first-order valence-electron chi connectivity index (χ1n) is 5.34. The van der Waals surface area contributed by atoms with Gasteiger partial charge in [0, 0.05) is 25.2 Å². The second-order valence-corrected chi connectivity index (χ2v) is 3.87. The molecule has 1 saturated heterocycles. The minimum atomic E-state index is -0.652. The predicted octanol–water partition coefficient (Wildman–Crippen LogP) is 0.229. The maximum absolute atomic E-state index is 13.2. The van der Waals surface area contributed by atoms with E-state index in [1.807, 2.05) is 0 Å². The quantitative estimate of drug-likeness (QED) is 0.790. The minimum Gasteiger partial charge on any atom is -0.352 e. The molecule has 1 aliphatic rings. The van der Waals surface area contributed by atoms with Crippen molar-refractivity contribution in [3.05, 3.63) is 29.8 Å². The molecule has 0 aromatic carbocycles. The second kappa shape index (κ2) is 4.90. The van der Waals surface area contributed by atoms with E-state index < -0.39 is 11.7 Å². The van der Waals surface area contributed by atoms with Crippen molar-refractivity contribution in [1.29, 1.82) is 0 Å². The highest BCUT2D eigenvalue weighted by molar-refractivity contribution is 5.94. The molecule has 0 saturated carbocycles. The Labute approximate surface area is 97.4 Å². The Bertz CT molecular complexity index is 450. The molecule has 5 nitrogen and oxygen atoms in total. The van der Waals surface area contributed by atoms with Crippen LogP contribution < -0.4 is 10.6 Å². The molecule has 1 fully saturated rings. The van der Waals surface area contributed by atoms with Crippen LogP contribution in [0.3, 0.4) is 0 Å². The Morgan fingerprint density at radius 1 is 1.65 bits per heavy atom. The predicted molar refractivity (Wildman–Crippen MR) is 57.7 cm³/mol. The number of amides is 2. The molecule has 17 heavy (non-hydrogen) atoms. The molecular weight excluding hydrogens is 225 g/mol. The van der Waals surface area contributed by atoms with E-state index in [0.29, 0.717) is 19.4 Å². The van der Waals surface area contributed by atoms with Gasteiger partial charge >= 0.3 is 0 Å². The van der Waals surface area contributed by atoms with E-state index in [2.05, 4.69) is 15.6 Å². The van der Waals surface area contributed by atoms with Gasteiger partial charge in [0.05, 0.1) is 11.8 Å². The molecule has 1 unspecified atom stereocenters. The second-order valence-electron chi connectivity index (χ2n) is 3.87. The highest BCUT2D eigenvalue weighted by Crippen LogP contribution is 2.07. The lowest BCUT2D eigenvalue weighted by Gasteiger charge is -2.11. The number of nitrogens with zero attached hydrogens (tertiary/aromatic N) is 1. The van der Waals surface area contributed by atoms with Crippen molar-refractivity contribution in [1.82, 2.24) is 15.6 Å². The molecule has 0 bridgehead atoms. The summed E-state index contributed by atoms with van der Waals surface area (Å²) in [6, 6.07) is 1.26. The number of hydrogen-bond donors (Lipinski definition) is 2. The van der Waals surface area contributed by atoms with E-state index in [1.165, 1.54) is 12.3 Å². The molecule has 0 aliphatic carbocycles. The largest absolute Gasteiger partial charge is 0.352 e. The van der Waals surface area contributed by atoms with Crippen LogP contribution in [0.15, 0.2) is 18.5 Å². The lowest BCUT2D eigenvalue weighted by Crippen LogP contribution is -2.38. The highest BCUT2D eigenvalue weighted by atomic mass is 19.1. The summed E-state index contributed by atoms with van der Waals surface area (Å²) >= 11 is 0. The summed E-state index contributed by atoms with van der Waals surface area (Å²) in [5.74, 6) is -1.16. The summed E-state index contributed by atoms with van der Waals surface area (Å²) in [7, 11) is 0. The van der Waals surface area contributed by atoms with Crippen molar-refractivity contribution < 1.29 is 14.0 Å². The maximum Gasteiger partial charge on any atom is 0.254 e. The monoisotopic (exact) mass is 237 g/mol. The Morgan fingerprint density at radius 3 is 3.12 bits per heavy atom. The van der Waals surface area contributed by atoms with Crippen LogP contribution in [0.5, 0.6) is 0 Å². The summed E-state index contributed by atoms with van der Waals surface area (Å²) in [5.41, 5.74) is -0.0377. The molecule has 2 amide bonds. The molecule has 2 N–H and O–H groups in total. The average molecular weight is 237 g/mol. The molecule has 1 aliphatic heterocycles. The number of rotatable bonds is 3. The molecule has 0 spiro atoms. The molecule has 1 atom stereocenters. The van der Waals surface area contributed by atoms with Gasteiger partial charge in [0.2, 0.25) is 5.91 Å². The Morgan fingerprint density at radius 2 is 2.47 bits per heavy atom. The van der Waals surface area contributed by atoms with Gasteiger partial charge in [0.25, 0.3) is 5.91 Å². The third-order valence-electron chi connectivity index (χ3n) is 2.61. The number of hydrogen-bond acceptors (Lipinski definition) is 3. The SMILES string of the molecule is O=C1CCC(CNC(=O)c2ccncc2F)N1. The normalized spacial score (nSPS) is 18.9. The molecule has 1 aromatic heterocycles. The van der Waals surface area contributed by atoms with E-state index in [0.717, 1.165) is 6.20 Å². The summed E-state index contributed by atoms with van der Waals surface area (Å²) < 4.78 is 13.2. The minimum absolute atomic E-state index is 0.0145. The van der Waals surface area contributed by atoms with Gasteiger partial charge in [-0.2, -0.15) is 0 Å². The van der Waals surface area contributed by atoms with Crippen LogP contribution in [0.1, 0.15) is 23.2 Å². The first-order valence-corrected chi connectivity index (χ1v) is 5.34. The third-order valence-corrected chi connectivity index (χ3v) is 2.61. The van der Waals surface area contributed by atoms with E-state index in [1.54, 1.807) is 0 Å². The number of aromatic nitrogens is 1. The molecule has 90 valence electrons. The Hall–Kier alpha value is -1.98.